The lowest BCUT2D eigenvalue weighted by molar-refractivity contribution is 0.226. The van der Waals surface area contributed by atoms with Crippen LogP contribution in [0.4, 0.5) is 4.39 Å². The van der Waals surface area contributed by atoms with Gasteiger partial charge >= 0.3 is 0 Å². The predicted octanol–water partition coefficient (Wildman–Crippen LogP) is 4.07. The van der Waals surface area contributed by atoms with E-state index in [1.807, 2.05) is 6.07 Å². The van der Waals surface area contributed by atoms with Crippen molar-refractivity contribution < 1.29 is 9.50 Å². The number of aliphatic hydroxyl groups excluding tert-OH is 1. The largest absolute Gasteiger partial charge is 0.396 e. The maximum Gasteiger partial charge on any atom is 0.123 e. The second kappa shape index (κ2) is 5.98. The van der Waals surface area contributed by atoms with E-state index in [1.54, 1.807) is 12.1 Å². The molecule has 2 unspecified atom stereocenters. The van der Waals surface area contributed by atoms with E-state index in [9.17, 15) is 9.50 Å². The molecule has 1 nitrogen and oxygen atoms in total. The van der Waals surface area contributed by atoms with Crippen LogP contribution in [-0.4, -0.2) is 11.7 Å². The molecule has 110 valence electrons. The highest BCUT2D eigenvalue weighted by Gasteiger charge is 2.25. The lowest BCUT2D eigenvalue weighted by Crippen LogP contribution is -2.11. The van der Waals surface area contributed by atoms with Gasteiger partial charge in [0.25, 0.3) is 0 Å². The second-order valence-electron chi connectivity index (χ2n) is 6.12. The Hall–Kier alpha value is -1.67. The van der Waals surface area contributed by atoms with Gasteiger partial charge in [0, 0.05) is 12.5 Å². The fraction of sp³-hybridized carbons (Fsp3) is 0.368. The lowest BCUT2D eigenvalue weighted by atomic mass is 9.82. The van der Waals surface area contributed by atoms with Crippen LogP contribution < -0.4 is 0 Å². The van der Waals surface area contributed by atoms with Crippen molar-refractivity contribution >= 4 is 0 Å². The number of rotatable bonds is 3. The number of fused-ring (bicyclic) bond motifs is 2. The zero-order chi connectivity index (χ0) is 14.8. The lowest BCUT2D eigenvalue weighted by Gasteiger charge is -2.23. The molecule has 0 aliphatic heterocycles. The van der Waals surface area contributed by atoms with Crippen LogP contribution in [0.3, 0.4) is 0 Å². The van der Waals surface area contributed by atoms with Crippen LogP contribution in [0.25, 0.3) is 0 Å². The smallest absolute Gasteiger partial charge is 0.123 e. The molecular formula is C19H21FO. The Morgan fingerprint density at radius 1 is 1.10 bits per heavy atom. The summed E-state index contributed by atoms with van der Waals surface area (Å²) in [6.45, 7) is 2.26. The fourth-order valence-electron chi connectivity index (χ4n) is 3.40. The van der Waals surface area contributed by atoms with Crippen molar-refractivity contribution in [2.45, 2.75) is 32.1 Å². The van der Waals surface area contributed by atoms with Crippen LogP contribution >= 0.6 is 0 Å². The van der Waals surface area contributed by atoms with Crippen LogP contribution in [-0.2, 0) is 12.8 Å². The molecular weight excluding hydrogens is 263 g/mol. The Morgan fingerprint density at radius 3 is 2.62 bits per heavy atom. The van der Waals surface area contributed by atoms with E-state index in [0.29, 0.717) is 0 Å². The minimum atomic E-state index is -0.159. The fourth-order valence-corrected chi connectivity index (χ4v) is 3.40. The molecule has 3 rings (SSSR count). The maximum atomic E-state index is 13.6. The van der Waals surface area contributed by atoms with E-state index in [2.05, 4.69) is 31.2 Å². The molecule has 2 heteroatoms. The van der Waals surface area contributed by atoms with Gasteiger partial charge in [0.15, 0.2) is 0 Å². The molecule has 0 spiro atoms. The van der Waals surface area contributed by atoms with Gasteiger partial charge in [-0.3, -0.25) is 0 Å². The van der Waals surface area contributed by atoms with Crippen LogP contribution in [0.2, 0.25) is 0 Å². The average Bonchev–Trinajstić information content (AvgIpc) is 2.65. The van der Waals surface area contributed by atoms with E-state index < -0.39 is 0 Å². The van der Waals surface area contributed by atoms with Crippen molar-refractivity contribution in [1.29, 1.82) is 0 Å². The third-order valence-corrected chi connectivity index (χ3v) is 4.52. The molecule has 0 fully saturated rings. The molecule has 1 aliphatic rings. The minimum absolute atomic E-state index is 0.159. The molecule has 1 aliphatic carbocycles. The number of hydrogen-bond acceptors (Lipinski definition) is 1. The number of benzene rings is 2. The molecule has 0 heterocycles. The van der Waals surface area contributed by atoms with Gasteiger partial charge in [-0.25, -0.2) is 4.39 Å². The first-order valence-electron chi connectivity index (χ1n) is 7.66. The van der Waals surface area contributed by atoms with Gasteiger partial charge in [0.1, 0.15) is 5.82 Å². The summed E-state index contributed by atoms with van der Waals surface area (Å²) in [5, 5.41) is 9.42. The van der Waals surface area contributed by atoms with Gasteiger partial charge in [0.2, 0.25) is 0 Å². The van der Waals surface area contributed by atoms with Gasteiger partial charge in [0.05, 0.1) is 0 Å². The van der Waals surface area contributed by atoms with Crippen LogP contribution in [0.1, 0.15) is 41.5 Å². The van der Waals surface area contributed by atoms with Gasteiger partial charge in [-0.1, -0.05) is 37.3 Å². The summed E-state index contributed by atoms with van der Waals surface area (Å²) in [7, 11) is 0. The average molecular weight is 284 g/mol. The van der Waals surface area contributed by atoms with Gasteiger partial charge in [-0.2, -0.15) is 0 Å². The monoisotopic (exact) mass is 284 g/mol. The van der Waals surface area contributed by atoms with Crippen molar-refractivity contribution in [2.24, 2.45) is 5.92 Å². The molecule has 0 radical (unpaired) electrons. The van der Waals surface area contributed by atoms with E-state index in [-0.39, 0.29) is 24.3 Å². The van der Waals surface area contributed by atoms with Crippen LogP contribution in [0, 0.1) is 11.7 Å². The first kappa shape index (κ1) is 14.3. The van der Waals surface area contributed by atoms with Crippen molar-refractivity contribution in [2.75, 3.05) is 6.61 Å². The molecule has 2 aromatic carbocycles. The summed E-state index contributed by atoms with van der Waals surface area (Å²) in [5.74, 6) is 0.328. The summed E-state index contributed by atoms with van der Waals surface area (Å²) in [6, 6.07) is 13.7. The Bertz CT molecular complexity index is 635. The Labute approximate surface area is 125 Å². The van der Waals surface area contributed by atoms with Crippen molar-refractivity contribution in [3.8, 4) is 0 Å². The van der Waals surface area contributed by atoms with E-state index in [1.165, 1.54) is 16.7 Å². The molecule has 2 aromatic rings. The number of aliphatic hydroxyl groups is 1. The highest BCUT2D eigenvalue weighted by Crippen LogP contribution is 2.38. The Kier molecular flexibility index (Phi) is 4.07. The summed E-state index contributed by atoms with van der Waals surface area (Å²) in [4.78, 5) is 0. The quantitative estimate of drug-likeness (QED) is 0.900. The topological polar surface area (TPSA) is 20.2 Å². The summed E-state index contributed by atoms with van der Waals surface area (Å²) < 4.78 is 13.6. The molecule has 21 heavy (non-hydrogen) atoms. The maximum absolute atomic E-state index is 13.6. The molecule has 1 N–H and O–H groups in total. The van der Waals surface area contributed by atoms with Crippen molar-refractivity contribution in [3.05, 3.63) is 70.5 Å². The highest BCUT2D eigenvalue weighted by molar-refractivity contribution is 5.45. The third-order valence-electron chi connectivity index (χ3n) is 4.52. The zero-order valence-corrected chi connectivity index (χ0v) is 12.3. The standard InChI is InChI=1S/C19H21FO/c1-13(12-21)10-19-17-5-3-2-4-14(17)6-7-15-11-16(20)8-9-18(15)19/h2-5,8-9,11,13,19,21H,6-7,10,12H2,1H3. The Morgan fingerprint density at radius 2 is 1.81 bits per heavy atom. The van der Waals surface area contributed by atoms with Crippen molar-refractivity contribution in [3.63, 3.8) is 0 Å². The van der Waals surface area contributed by atoms with Gasteiger partial charge < -0.3 is 5.11 Å². The SMILES string of the molecule is CC(CO)CC1c2ccccc2CCc2cc(F)ccc21. The third kappa shape index (κ3) is 2.86. The zero-order valence-electron chi connectivity index (χ0n) is 12.3. The molecule has 0 saturated heterocycles. The highest BCUT2D eigenvalue weighted by atomic mass is 19.1. The summed E-state index contributed by atoms with van der Waals surface area (Å²) in [5.41, 5.74) is 5.02. The van der Waals surface area contributed by atoms with E-state index in [0.717, 1.165) is 24.8 Å². The molecule has 0 amide bonds. The number of aryl methyl sites for hydroxylation is 2. The Balaban J connectivity index is 2.10. The predicted molar refractivity (Wildman–Crippen MR) is 83.0 cm³/mol. The molecule has 0 aromatic heterocycles. The van der Waals surface area contributed by atoms with Gasteiger partial charge in [-0.05, 0) is 59.6 Å². The number of hydrogen-bond donors (Lipinski definition) is 1. The minimum Gasteiger partial charge on any atom is -0.396 e. The van der Waals surface area contributed by atoms with Crippen LogP contribution in [0.5, 0.6) is 0 Å². The molecule has 0 saturated carbocycles. The van der Waals surface area contributed by atoms with Gasteiger partial charge in [-0.15, -0.1) is 0 Å². The number of halogens is 1. The van der Waals surface area contributed by atoms with Crippen LogP contribution in [0.15, 0.2) is 42.5 Å². The van der Waals surface area contributed by atoms with E-state index in [4.69, 9.17) is 0 Å². The van der Waals surface area contributed by atoms with Crippen molar-refractivity contribution in [1.82, 2.24) is 0 Å². The summed E-state index contributed by atoms with van der Waals surface area (Å²) >= 11 is 0. The summed E-state index contributed by atoms with van der Waals surface area (Å²) in [6.07, 6.45) is 2.73. The molecule has 2 atom stereocenters. The first-order chi connectivity index (χ1) is 10.2. The van der Waals surface area contributed by atoms with E-state index >= 15 is 0 Å². The second-order valence-corrected chi connectivity index (χ2v) is 6.12. The normalized spacial score (nSPS) is 18.5. The molecule has 0 bridgehead atoms. The first-order valence-corrected chi connectivity index (χ1v) is 7.66.